The zero-order chi connectivity index (χ0) is 15.2. The molecule has 0 radical (unpaired) electrons. The summed E-state index contributed by atoms with van der Waals surface area (Å²) in [5, 5.41) is 9.22. The molecule has 2 rings (SSSR count). The number of rotatable bonds is 6. The van der Waals surface area contributed by atoms with Crippen LogP contribution in [0, 0.1) is 0 Å². The smallest absolute Gasteiger partial charge is 0.305 e. The molecule has 0 saturated carbocycles. The summed E-state index contributed by atoms with van der Waals surface area (Å²) in [5.74, 6) is 0.525. The third-order valence-corrected chi connectivity index (χ3v) is 3.99. The standard InChI is InChI=1S/C16H23NO4/c1-20-14-7-6-12(10-15(14)21-2)13(11-16(18)19)17-8-4-3-5-9-17/h6-7,10,13H,3-5,8-9,11H2,1-2H3,(H,18,19). The summed E-state index contributed by atoms with van der Waals surface area (Å²) in [6.45, 7) is 1.90. The van der Waals surface area contributed by atoms with E-state index in [1.165, 1.54) is 6.42 Å². The molecule has 5 nitrogen and oxygen atoms in total. The van der Waals surface area contributed by atoms with E-state index in [4.69, 9.17) is 9.47 Å². The van der Waals surface area contributed by atoms with Crippen molar-refractivity contribution in [3.8, 4) is 11.5 Å². The van der Waals surface area contributed by atoms with Gasteiger partial charge in [-0.1, -0.05) is 12.5 Å². The van der Waals surface area contributed by atoms with Gasteiger partial charge in [-0.3, -0.25) is 9.69 Å². The fourth-order valence-electron chi connectivity index (χ4n) is 2.91. The third kappa shape index (κ3) is 3.88. The second kappa shape index (κ2) is 7.31. The van der Waals surface area contributed by atoms with Crippen molar-refractivity contribution in [2.75, 3.05) is 27.3 Å². The molecular weight excluding hydrogens is 270 g/mol. The summed E-state index contributed by atoms with van der Waals surface area (Å²) in [6, 6.07) is 5.56. The van der Waals surface area contributed by atoms with E-state index in [0.717, 1.165) is 31.5 Å². The number of aliphatic carboxylic acids is 1. The van der Waals surface area contributed by atoms with Gasteiger partial charge < -0.3 is 14.6 Å². The molecule has 1 aliphatic heterocycles. The zero-order valence-corrected chi connectivity index (χ0v) is 12.7. The number of hydrogen-bond acceptors (Lipinski definition) is 4. The van der Waals surface area contributed by atoms with Crippen molar-refractivity contribution in [2.24, 2.45) is 0 Å². The van der Waals surface area contributed by atoms with Crippen LogP contribution in [0.2, 0.25) is 0 Å². The number of ether oxygens (including phenoxy) is 2. The molecule has 0 aliphatic carbocycles. The monoisotopic (exact) mass is 293 g/mol. The summed E-state index contributed by atoms with van der Waals surface area (Å²) in [4.78, 5) is 13.5. The van der Waals surface area contributed by atoms with Gasteiger partial charge in [-0.05, 0) is 43.6 Å². The van der Waals surface area contributed by atoms with Gasteiger partial charge in [0.2, 0.25) is 0 Å². The summed E-state index contributed by atoms with van der Waals surface area (Å²) in [6.07, 6.45) is 3.59. The number of methoxy groups -OCH3 is 2. The largest absolute Gasteiger partial charge is 0.493 e. The first kappa shape index (κ1) is 15.6. The minimum atomic E-state index is -0.777. The fraction of sp³-hybridized carbons (Fsp3) is 0.562. The Morgan fingerprint density at radius 2 is 1.86 bits per heavy atom. The van der Waals surface area contributed by atoms with Crippen LogP contribution >= 0.6 is 0 Å². The van der Waals surface area contributed by atoms with E-state index in [1.54, 1.807) is 14.2 Å². The maximum atomic E-state index is 11.2. The third-order valence-electron chi connectivity index (χ3n) is 3.99. The van der Waals surface area contributed by atoms with Crippen LogP contribution in [0.5, 0.6) is 11.5 Å². The van der Waals surface area contributed by atoms with Crippen LogP contribution in [-0.4, -0.2) is 43.3 Å². The summed E-state index contributed by atoms with van der Waals surface area (Å²) in [5.41, 5.74) is 0.969. The summed E-state index contributed by atoms with van der Waals surface area (Å²) in [7, 11) is 3.19. The first-order valence-corrected chi connectivity index (χ1v) is 7.33. The lowest BCUT2D eigenvalue weighted by Crippen LogP contribution is -2.35. The van der Waals surface area contributed by atoms with Gasteiger partial charge in [0.25, 0.3) is 0 Å². The lowest BCUT2D eigenvalue weighted by molar-refractivity contribution is -0.138. The summed E-state index contributed by atoms with van der Waals surface area (Å²) < 4.78 is 10.6. The molecule has 1 atom stereocenters. The molecule has 1 N–H and O–H groups in total. The quantitative estimate of drug-likeness (QED) is 0.874. The van der Waals surface area contributed by atoms with Gasteiger partial charge in [0, 0.05) is 6.04 Å². The van der Waals surface area contributed by atoms with Crippen LogP contribution in [0.1, 0.15) is 37.3 Å². The SMILES string of the molecule is COc1ccc(C(CC(=O)O)N2CCCCC2)cc1OC. The van der Waals surface area contributed by atoms with E-state index < -0.39 is 5.97 Å². The molecule has 0 spiro atoms. The Morgan fingerprint density at radius 1 is 1.19 bits per heavy atom. The Hall–Kier alpha value is -1.75. The van der Waals surface area contributed by atoms with Crippen molar-refractivity contribution < 1.29 is 19.4 Å². The highest BCUT2D eigenvalue weighted by Crippen LogP contribution is 2.34. The zero-order valence-electron chi connectivity index (χ0n) is 12.7. The predicted octanol–water partition coefficient (Wildman–Crippen LogP) is 2.71. The lowest BCUT2D eigenvalue weighted by atomic mass is 9.98. The molecule has 5 heteroatoms. The predicted molar refractivity (Wildman–Crippen MR) is 80.0 cm³/mol. The number of carboxylic acids is 1. The topological polar surface area (TPSA) is 59.0 Å². The lowest BCUT2D eigenvalue weighted by Gasteiger charge is -2.34. The van der Waals surface area contributed by atoms with Crippen LogP contribution in [0.25, 0.3) is 0 Å². The number of likely N-dealkylation sites (tertiary alicyclic amines) is 1. The maximum Gasteiger partial charge on any atom is 0.305 e. The molecule has 0 amide bonds. The van der Waals surface area contributed by atoms with Crippen molar-refractivity contribution in [3.05, 3.63) is 23.8 Å². The van der Waals surface area contributed by atoms with Gasteiger partial charge >= 0.3 is 5.97 Å². The normalized spacial score (nSPS) is 17.2. The molecule has 0 bridgehead atoms. The molecule has 1 aromatic rings. The molecule has 1 saturated heterocycles. The van der Waals surface area contributed by atoms with Gasteiger partial charge in [0.05, 0.1) is 20.6 Å². The minimum absolute atomic E-state index is 0.107. The van der Waals surface area contributed by atoms with Crippen LogP contribution < -0.4 is 9.47 Å². The number of piperidine rings is 1. The molecule has 21 heavy (non-hydrogen) atoms. The molecule has 1 fully saturated rings. The van der Waals surface area contributed by atoms with Crippen LogP contribution in [0.15, 0.2) is 18.2 Å². The van der Waals surface area contributed by atoms with Gasteiger partial charge in [0.15, 0.2) is 11.5 Å². The van der Waals surface area contributed by atoms with Gasteiger partial charge in [-0.15, -0.1) is 0 Å². The minimum Gasteiger partial charge on any atom is -0.493 e. The highest BCUT2D eigenvalue weighted by molar-refractivity contribution is 5.68. The fourth-order valence-corrected chi connectivity index (χ4v) is 2.91. The van der Waals surface area contributed by atoms with Gasteiger partial charge in [-0.25, -0.2) is 0 Å². The van der Waals surface area contributed by atoms with Crippen molar-refractivity contribution in [3.63, 3.8) is 0 Å². The Bertz CT molecular complexity index is 483. The molecule has 116 valence electrons. The van der Waals surface area contributed by atoms with Crippen LogP contribution in [-0.2, 0) is 4.79 Å². The Morgan fingerprint density at radius 3 is 2.43 bits per heavy atom. The molecule has 1 aliphatic rings. The van der Waals surface area contributed by atoms with E-state index in [9.17, 15) is 9.90 Å². The molecule has 1 heterocycles. The highest BCUT2D eigenvalue weighted by atomic mass is 16.5. The van der Waals surface area contributed by atoms with Crippen LogP contribution in [0.3, 0.4) is 0 Å². The van der Waals surface area contributed by atoms with Crippen LogP contribution in [0.4, 0.5) is 0 Å². The van der Waals surface area contributed by atoms with Crippen molar-refractivity contribution >= 4 is 5.97 Å². The van der Waals surface area contributed by atoms with Crippen molar-refractivity contribution in [1.82, 2.24) is 4.90 Å². The average molecular weight is 293 g/mol. The molecule has 1 unspecified atom stereocenters. The van der Waals surface area contributed by atoms with E-state index in [0.29, 0.717) is 11.5 Å². The first-order valence-electron chi connectivity index (χ1n) is 7.33. The Kier molecular flexibility index (Phi) is 5.44. The first-order chi connectivity index (χ1) is 10.2. The van der Waals surface area contributed by atoms with E-state index in [-0.39, 0.29) is 12.5 Å². The number of carbonyl (C=O) groups is 1. The number of hydrogen-bond donors (Lipinski definition) is 1. The second-order valence-electron chi connectivity index (χ2n) is 5.32. The average Bonchev–Trinajstić information content (AvgIpc) is 2.52. The summed E-state index contributed by atoms with van der Waals surface area (Å²) >= 11 is 0. The van der Waals surface area contributed by atoms with E-state index in [2.05, 4.69) is 4.90 Å². The second-order valence-corrected chi connectivity index (χ2v) is 5.32. The van der Waals surface area contributed by atoms with E-state index in [1.807, 2.05) is 18.2 Å². The molecule has 1 aromatic carbocycles. The number of nitrogens with zero attached hydrogens (tertiary/aromatic N) is 1. The maximum absolute atomic E-state index is 11.2. The van der Waals surface area contributed by atoms with E-state index >= 15 is 0 Å². The van der Waals surface area contributed by atoms with Crippen molar-refractivity contribution in [1.29, 1.82) is 0 Å². The molecule has 0 aromatic heterocycles. The molecular formula is C16H23NO4. The van der Waals surface area contributed by atoms with Gasteiger partial charge in [-0.2, -0.15) is 0 Å². The highest BCUT2D eigenvalue weighted by Gasteiger charge is 2.25. The Labute approximate surface area is 125 Å². The number of benzene rings is 1. The Balaban J connectivity index is 2.28. The van der Waals surface area contributed by atoms with Crippen molar-refractivity contribution in [2.45, 2.75) is 31.7 Å². The van der Waals surface area contributed by atoms with Gasteiger partial charge in [0.1, 0.15) is 0 Å². The number of carboxylic acid groups (broad SMARTS) is 1.